The lowest BCUT2D eigenvalue weighted by molar-refractivity contribution is 0.0897. The standard InChI is InChI=1S/C19H24FN3O/c1-12-10-17(18(24)22-19(3,11-21)14-4-5-14)13(2)23(12)16-8-6-15(20)7-9-16/h6-10,14H,4-5,11,21H2,1-3H3,(H,22,24). The Labute approximate surface area is 141 Å². The van der Waals surface area contributed by atoms with E-state index in [1.165, 1.54) is 12.1 Å². The molecular formula is C19H24FN3O. The first-order valence-electron chi connectivity index (χ1n) is 8.33. The van der Waals surface area contributed by atoms with E-state index in [-0.39, 0.29) is 17.3 Å². The lowest BCUT2D eigenvalue weighted by Crippen LogP contribution is -2.53. The number of nitrogens with zero attached hydrogens (tertiary/aromatic N) is 1. The molecule has 1 aliphatic carbocycles. The van der Waals surface area contributed by atoms with Crippen LogP contribution in [0.2, 0.25) is 0 Å². The Morgan fingerprint density at radius 3 is 2.50 bits per heavy atom. The molecule has 2 aromatic rings. The molecule has 24 heavy (non-hydrogen) atoms. The first-order chi connectivity index (χ1) is 11.4. The molecule has 0 aliphatic heterocycles. The molecule has 1 aromatic carbocycles. The maximum absolute atomic E-state index is 13.2. The molecule has 1 amide bonds. The summed E-state index contributed by atoms with van der Waals surface area (Å²) in [6.07, 6.45) is 2.23. The molecule has 5 heteroatoms. The number of hydrogen-bond acceptors (Lipinski definition) is 2. The molecule has 0 saturated heterocycles. The fraction of sp³-hybridized carbons (Fsp3) is 0.421. The Bertz CT molecular complexity index is 762. The molecule has 1 unspecified atom stereocenters. The van der Waals surface area contributed by atoms with Gasteiger partial charge in [-0.3, -0.25) is 4.79 Å². The first-order valence-corrected chi connectivity index (χ1v) is 8.33. The van der Waals surface area contributed by atoms with Gasteiger partial charge in [0.15, 0.2) is 0 Å². The van der Waals surface area contributed by atoms with Gasteiger partial charge in [-0.2, -0.15) is 0 Å². The van der Waals surface area contributed by atoms with Crippen molar-refractivity contribution >= 4 is 5.91 Å². The number of aromatic nitrogens is 1. The van der Waals surface area contributed by atoms with Gasteiger partial charge in [0.2, 0.25) is 0 Å². The van der Waals surface area contributed by atoms with Gasteiger partial charge in [0.25, 0.3) is 5.91 Å². The molecule has 1 saturated carbocycles. The van der Waals surface area contributed by atoms with Gasteiger partial charge in [-0.05, 0) is 69.9 Å². The molecule has 3 rings (SSSR count). The van der Waals surface area contributed by atoms with Crippen molar-refractivity contribution in [3.05, 3.63) is 53.1 Å². The van der Waals surface area contributed by atoms with Crippen molar-refractivity contribution in [2.75, 3.05) is 6.54 Å². The van der Waals surface area contributed by atoms with Crippen molar-refractivity contribution < 1.29 is 9.18 Å². The molecule has 0 spiro atoms. The zero-order chi connectivity index (χ0) is 17.5. The first kappa shape index (κ1) is 16.7. The number of hydrogen-bond donors (Lipinski definition) is 2. The van der Waals surface area contributed by atoms with Gasteiger partial charge in [0, 0.05) is 23.6 Å². The zero-order valence-electron chi connectivity index (χ0n) is 14.4. The number of nitrogens with one attached hydrogen (secondary N) is 1. The summed E-state index contributed by atoms with van der Waals surface area (Å²) in [5.74, 6) is 0.0886. The number of carbonyl (C=O) groups excluding carboxylic acids is 1. The third kappa shape index (κ3) is 2.96. The van der Waals surface area contributed by atoms with E-state index in [9.17, 15) is 9.18 Å². The molecule has 3 N–H and O–H groups in total. The Morgan fingerprint density at radius 1 is 1.33 bits per heavy atom. The Hall–Kier alpha value is -2.14. The minimum Gasteiger partial charge on any atom is -0.345 e. The van der Waals surface area contributed by atoms with E-state index in [2.05, 4.69) is 5.32 Å². The highest BCUT2D eigenvalue weighted by Gasteiger charge is 2.41. The minimum atomic E-state index is -0.352. The van der Waals surface area contributed by atoms with Crippen LogP contribution in [0.4, 0.5) is 4.39 Å². The fourth-order valence-electron chi connectivity index (χ4n) is 3.35. The minimum absolute atomic E-state index is 0.101. The maximum Gasteiger partial charge on any atom is 0.253 e. The average Bonchev–Trinajstić information content (AvgIpc) is 3.35. The number of carbonyl (C=O) groups is 1. The molecule has 1 aliphatic rings. The van der Waals surface area contributed by atoms with Crippen LogP contribution in [0.5, 0.6) is 0 Å². The van der Waals surface area contributed by atoms with Gasteiger partial charge in [-0.25, -0.2) is 4.39 Å². The maximum atomic E-state index is 13.2. The van der Waals surface area contributed by atoms with Gasteiger partial charge < -0.3 is 15.6 Å². The normalized spacial score (nSPS) is 16.7. The summed E-state index contributed by atoms with van der Waals surface area (Å²) in [4.78, 5) is 12.8. The highest BCUT2D eigenvalue weighted by atomic mass is 19.1. The second-order valence-electron chi connectivity index (χ2n) is 6.95. The number of amides is 1. The fourth-order valence-corrected chi connectivity index (χ4v) is 3.35. The van der Waals surface area contributed by atoms with Crippen molar-refractivity contribution in [2.24, 2.45) is 11.7 Å². The van der Waals surface area contributed by atoms with E-state index in [0.29, 0.717) is 18.0 Å². The van der Waals surface area contributed by atoms with Crippen LogP contribution in [0.3, 0.4) is 0 Å². The van der Waals surface area contributed by atoms with Gasteiger partial charge >= 0.3 is 0 Å². The van der Waals surface area contributed by atoms with Crippen LogP contribution in [0.25, 0.3) is 5.69 Å². The number of nitrogens with two attached hydrogens (primary N) is 1. The molecule has 1 heterocycles. The van der Waals surface area contributed by atoms with Gasteiger partial charge in [0.05, 0.1) is 11.1 Å². The van der Waals surface area contributed by atoms with E-state index >= 15 is 0 Å². The van der Waals surface area contributed by atoms with Crippen molar-refractivity contribution in [1.29, 1.82) is 0 Å². The summed E-state index contributed by atoms with van der Waals surface area (Å²) in [6, 6.07) is 8.15. The van der Waals surface area contributed by atoms with Crippen molar-refractivity contribution in [1.82, 2.24) is 9.88 Å². The second kappa shape index (κ2) is 6.06. The van der Waals surface area contributed by atoms with Crippen LogP contribution in [0.15, 0.2) is 30.3 Å². The largest absolute Gasteiger partial charge is 0.345 e. The Kier molecular flexibility index (Phi) is 4.22. The van der Waals surface area contributed by atoms with Crippen molar-refractivity contribution in [3.8, 4) is 5.69 Å². The summed E-state index contributed by atoms with van der Waals surface area (Å²) in [6.45, 7) is 6.29. The summed E-state index contributed by atoms with van der Waals surface area (Å²) in [7, 11) is 0. The lowest BCUT2D eigenvalue weighted by Gasteiger charge is -2.29. The van der Waals surface area contributed by atoms with Gasteiger partial charge in [-0.15, -0.1) is 0 Å². The number of aryl methyl sites for hydroxylation is 1. The van der Waals surface area contributed by atoms with Gasteiger partial charge in [-0.1, -0.05) is 0 Å². The molecule has 128 valence electrons. The smallest absolute Gasteiger partial charge is 0.253 e. The third-order valence-corrected chi connectivity index (χ3v) is 5.06. The summed E-state index contributed by atoms with van der Waals surface area (Å²) in [5, 5.41) is 3.13. The zero-order valence-corrected chi connectivity index (χ0v) is 14.4. The average molecular weight is 329 g/mol. The van der Waals surface area contributed by atoms with Crippen LogP contribution in [-0.4, -0.2) is 22.6 Å². The number of benzene rings is 1. The van der Waals surface area contributed by atoms with E-state index in [1.54, 1.807) is 12.1 Å². The monoisotopic (exact) mass is 329 g/mol. The highest BCUT2D eigenvalue weighted by Crippen LogP contribution is 2.39. The highest BCUT2D eigenvalue weighted by molar-refractivity contribution is 5.96. The molecule has 1 aromatic heterocycles. The summed E-state index contributed by atoms with van der Waals surface area (Å²) >= 11 is 0. The number of halogens is 1. The molecule has 1 atom stereocenters. The Morgan fingerprint density at radius 2 is 1.96 bits per heavy atom. The summed E-state index contributed by atoms with van der Waals surface area (Å²) < 4.78 is 15.1. The SMILES string of the molecule is Cc1cc(C(=O)NC(C)(CN)C2CC2)c(C)n1-c1ccc(F)cc1. The topological polar surface area (TPSA) is 60.1 Å². The molecule has 0 bridgehead atoms. The number of rotatable bonds is 5. The molecular weight excluding hydrogens is 305 g/mol. The van der Waals surface area contributed by atoms with Crippen LogP contribution in [-0.2, 0) is 0 Å². The second-order valence-corrected chi connectivity index (χ2v) is 6.95. The molecule has 4 nitrogen and oxygen atoms in total. The molecule has 0 radical (unpaired) electrons. The van der Waals surface area contributed by atoms with E-state index in [4.69, 9.17) is 5.73 Å². The van der Waals surface area contributed by atoms with Crippen LogP contribution >= 0.6 is 0 Å². The Balaban J connectivity index is 1.91. The molecule has 1 fully saturated rings. The predicted octanol–water partition coefficient (Wildman–Crippen LogP) is 3.09. The van der Waals surface area contributed by atoms with E-state index < -0.39 is 0 Å². The quantitative estimate of drug-likeness (QED) is 0.885. The van der Waals surface area contributed by atoms with Crippen molar-refractivity contribution in [2.45, 2.75) is 39.2 Å². The van der Waals surface area contributed by atoms with Crippen LogP contribution in [0, 0.1) is 25.6 Å². The van der Waals surface area contributed by atoms with Crippen LogP contribution in [0.1, 0.15) is 41.5 Å². The van der Waals surface area contributed by atoms with Crippen LogP contribution < -0.4 is 11.1 Å². The van der Waals surface area contributed by atoms with Gasteiger partial charge in [0.1, 0.15) is 5.82 Å². The van der Waals surface area contributed by atoms with E-state index in [1.807, 2.05) is 31.4 Å². The lowest BCUT2D eigenvalue weighted by atomic mass is 9.95. The van der Waals surface area contributed by atoms with Crippen molar-refractivity contribution in [3.63, 3.8) is 0 Å². The predicted molar refractivity (Wildman–Crippen MR) is 92.9 cm³/mol. The third-order valence-electron chi connectivity index (χ3n) is 5.06. The van der Waals surface area contributed by atoms with E-state index in [0.717, 1.165) is 29.9 Å². The summed E-state index contributed by atoms with van der Waals surface area (Å²) in [5.41, 5.74) is 8.80.